The number of methoxy groups -OCH3 is 1. The molecule has 0 spiro atoms. The lowest BCUT2D eigenvalue weighted by Crippen LogP contribution is -2.35. The third kappa shape index (κ3) is 3.68. The third-order valence-corrected chi connectivity index (χ3v) is 9.30. The van der Waals surface area contributed by atoms with Crippen molar-refractivity contribution in [1.29, 1.82) is 0 Å². The molecular formula is C28H42O. The highest BCUT2D eigenvalue weighted by atomic mass is 16.5. The second-order valence-corrected chi connectivity index (χ2v) is 11.0. The van der Waals surface area contributed by atoms with Crippen LogP contribution in [0.2, 0.25) is 0 Å². The average Bonchev–Trinajstić information content (AvgIpc) is 3.08. The van der Waals surface area contributed by atoms with Gasteiger partial charge in [-0.2, -0.15) is 0 Å². The molecule has 0 saturated heterocycles. The Kier molecular flexibility index (Phi) is 5.88. The molecule has 29 heavy (non-hydrogen) atoms. The van der Waals surface area contributed by atoms with Gasteiger partial charge in [-0.15, -0.1) is 0 Å². The van der Waals surface area contributed by atoms with E-state index in [2.05, 4.69) is 52.8 Å². The molecule has 0 bridgehead atoms. The van der Waals surface area contributed by atoms with Gasteiger partial charge in [-0.05, 0) is 95.4 Å². The largest absolute Gasteiger partial charge is 0.501 e. The number of hydrogen-bond donors (Lipinski definition) is 0. The topological polar surface area (TPSA) is 9.23 Å². The van der Waals surface area contributed by atoms with E-state index in [1.54, 1.807) is 16.7 Å². The molecule has 3 aliphatic carbocycles. The van der Waals surface area contributed by atoms with Gasteiger partial charge in [0.05, 0.1) is 12.9 Å². The van der Waals surface area contributed by atoms with Gasteiger partial charge in [0.2, 0.25) is 0 Å². The van der Waals surface area contributed by atoms with Gasteiger partial charge < -0.3 is 4.74 Å². The fraction of sp³-hybridized carbons (Fsp3) is 0.714. The van der Waals surface area contributed by atoms with Crippen LogP contribution in [0.4, 0.5) is 0 Å². The van der Waals surface area contributed by atoms with Gasteiger partial charge in [0, 0.05) is 6.42 Å². The van der Waals surface area contributed by atoms with Gasteiger partial charge in [-0.1, -0.05) is 59.6 Å². The van der Waals surface area contributed by atoms with Crippen molar-refractivity contribution in [2.45, 2.75) is 91.9 Å². The lowest BCUT2D eigenvalue weighted by Gasteiger charge is -2.45. The standard InChI is InChI=1S/C28H42O/c1-18(2)19(3)7-8-20(4)26-13-14-27-25-11-9-21-17-22(29-6)10-12-23(21)24(25)15-16-28(26,27)5/h9,11,17-20,26-27H,7-8,10,12-16H2,1-6H3/t19-,20+,26+,27+,28+/m0/s1. The van der Waals surface area contributed by atoms with Crippen molar-refractivity contribution in [3.8, 4) is 0 Å². The highest BCUT2D eigenvalue weighted by molar-refractivity contribution is 5.62. The van der Waals surface area contributed by atoms with Crippen molar-refractivity contribution in [3.63, 3.8) is 0 Å². The summed E-state index contributed by atoms with van der Waals surface area (Å²) < 4.78 is 5.53. The van der Waals surface area contributed by atoms with E-state index in [1.165, 1.54) is 44.1 Å². The third-order valence-electron chi connectivity index (χ3n) is 9.30. The molecule has 1 aromatic carbocycles. The first-order valence-corrected chi connectivity index (χ1v) is 12.2. The van der Waals surface area contributed by atoms with Crippen LogP contribution in [0.25, 0.3) is 6.08 Å². The second-order valence-electron chi connectivity index (χ2n) is 11.0. The first kappa shape index (κ1) is 21.0. The molecule has 3 aliphatic rings. The second kappa shape index (κ2) is 8.12. The van der Waals surface area contributed by atoms with E-state index in [1.807, 2.05) is 7.11 Å². The Morgan fingerprint density at radius 1 is 1.00 bits per heavy atom. The van der Waals surface area contributed by atoms with E-state index in [4.69, 9.17) is 4.74 Å². The normalized spacial score (nSPS) is 30.2. The monoisotopic (exact) mass is 394 g/mol. The number of rotatable bonds is 6. The maximum absolute atomic E-state index is 5.53. The van der Waals surface area contributed by atoms with Crippen LogP contribution in [0.1, 0.15) is 101 Å². The van der Waals surface area contributed by atoms with Gasteiger partial charge in [0.1, 0.15) is 0 Å². The van der Waals surface area contributed by atoms with E-state index in [9.17, 15) is 0 Å². The number of ether oxygens (including phenoxy) is 1. The molecule has 1 saturated carbocycles. The van der Waals surface area contributed by atoms with E-state index >= 15 is 0 Å². The fourth-order valence-electron chi connectivity index (χ4n) is 6.96. The predicted octanol–water partition coefficient (Wildman–Crippen LogP) is 7.77. The SMILES string of the molecule is COC1=Cc2ccc3c(c2CC1)CC[C@@]1(C)[C@@H]3CC[C@@H]1[C@H](C)CC[C@H](C)C(C)C. The number of benzene rings is 1. The molecule has 0 amide bonds. The molecule has 0 radical (unpaired) electrons. The lowest BCUT2D eigenvalue weighted by atomic mass is 9.60. The van der Waals surface area contributed by atoms with Crippen molar-refractivity contribution in [1.82, 2.24) is 0 Å². The van der Waals surface area contributed by atoms with Gasteiger partial charge in [0.25, 0.3) is 0 Å². The number of hydrogen-bond acceptors (Lipinski definition) is 1. The summed E-state index contributed by atoms with van der Waals surface area (Å²) in [5.41, 5.74) is 6.97. The molecule has 1 nitrogen and oxygen atoms in total. The Morgan fingerprint density at radius 3 is 2.52 bits per heavy atom. The summed E-state index contributed by atoms with van der Waals surface area (Å²) in [5, 5.41) is 0. The summed E-state index contributed by atoms with van der Waals surface area (Å²) in [6.07, 6.45) is 12.8. The highest BCUT2D eigenvalue weighted by Gasteiger charge is 2.51. The minimum absolute atomic E-state index is 0.504. The van der Waals surface area contributed by atoms with E-state index < -0.39 is 0 Å². The van der Waals surface area contributed by atoms with E-state index in [0.29, 0.717) is 5.41 Å². The van der Waals surface area contributed by atoms with Crippen molar-refractivity contribution < 1.29 is 4.74 Å². The molecular weight excluding hydrogens is 352 g/mol. The van der Waals surface area contributed by atoms with Crippen molar-refractivity contribution in [3.05, 3.63) is 40.1 Å². The van der Waals surface area contributed by atoms with Crippen LogP contribution in [-0.4, -0.2) is 7.11 Å². The summed E-state index contributed by atoms with van der Waals surface area (Å²) >= 11 is 0. The molecule has 0 unspecified atom stereocenters. The van der Waals surface area contributed by atoms with Gasteiger partial charge in [-0.25, -0.2) is 0 Å². The summed E-state index contributed by atoms with van der Waals surface area (Å²) in [6.45, 7) is 12.4. The van der Waals surface area contributed by atoms with Crippen LogP contribution in [0.5, 0.6) is 0 Å². The zero-order valence-corrected chi connectivity index (χ0v) is 19.7. The lowest BCUT2D eigenvalue weighted by molar-refractivity contribution is 0.115. The Labute approximate surface area is 179 Å². The summed E-state index contributed by atoms with van der Waals surface area (Å²) in [6, 6.07) is 4.87. The van der Waals surface area contributed by atoms with Crippen LogP contribution in [0.3, 0.4) is 0 Å². The van der Waals surface area contributed by atoms with Crippen LogP contribution in [0.15, 0.2) is 17.9 Å². The molecule has 1 fully saturated rings. The number of allylic oxidation sites excluding steroid dienone is 1. The zero-order valence-electron chi connectivity index (χ0n) is 19.7. The molecule has 5 atom stereocenters. The highest BCUT2D eigenvalue weighted by Crippen LogP contribution is 2.61. The fourth-order valence-corrected chi connectivity index (χ4v) is 6.96. The average molecular weight is 395 g/mol. The Balaban J connectivity index is 1.55. The Bertz CT molecular complexity index is 773. The van der Waals surface area contributed by atoms with Crippen LogP contribution < -0.4 is 0 Å². The summed E-state index contributed by atoms with van der Waals surface area (Å²) in [5.74, 6) is 5.34. The van der Waals surface area contributed by atoms with E-state index in [0.717, 1.165) is 48.2 Å². The molecule has 1 heteroatoms. The molecule has 0 aliphatic heterocycles. The van der Waals surface area contributed by atoms with Crippen molar-refractivity contribution >= 4 is 6.08 Å². The summed E-state index contributed by atoms with van der Waals surface area (Å²) in [7, 11) is 1.81. The van der Waals surface area contributed by atoms with Gasteiger partial charge >= 0.3 is 0 Å². The van der Waals surface area contributed by atoms with Crippen LogP contribution in [-0.2, 0) is 17.6 Å². The zero-order chi connectivity index (χ0) is 20.8. The molecule has 0 heterocycles. The smallest absolute Gasteiger partial charge is 0.0964 e. The van der Waals surface area contributed by atoms with Crippen molar-refractivity contribution in [2.24, 2.45) is 29.1 Å². The predicted molar refractivity (Wildman–Crippen MR) is 124 cm³/mol. The van der Waals surface area contributed by atoms with Gasteiger partial charge in [0.15, 0.2) is 0 Å². The Hall–Kier alpha value is -1.24. The van der Waals surface area contributed by atoms with Crippen LogP contribution in [0, 0.1) is 29.1 Å². The Morgan fingerprint density at radius 2 is 1.79 bits per heavy atom. The molecule has 1 aromatic rings. The maximum atomic E-state index is 5.53. The summed E-state index contributed by atoms with van der Waals surface area (Å²) in [4.78, 5) is 0. The van der Waals surface area contributed by atoms with Crippen LogP contribution >= 0.6 is 0 Å². The van der Waals surface area contributed by atoms with Crippen molar-refractivity contribution in [2.75, 3.05) is 7.11 Å². The minimum atomic E-state index is 0.504. The quantitative estimate of drug-likeness (QED) is 0.479. The maximum Gasteiger partial charge on any atom is 0.0964 e. The minimum Gasteiger partial charge on any atom is -0.501 e. The first-order valence-electron chi connectivity index (χ1n) is 12.2. The first-order chi connectivity index (χ1) is 13.8. The molecule has 160 valence electrons. The molecule has 4 rings (SSSR count). The molecule has 0 N–H and O–H groups in total. The molecule has 0 aromatic heterocycles. The van der Waals surface area contributed by atoms with E-state index in [-0.39, 0.29) is 0 Å². The number of fused-ring (bicyclic) bond motifs is 5. The van der Waals surface area contributed by atoms with Gasteiger partial charge in [-0.3, -0.25) is 0 Å².